The number of aromatic nitrogens is 1. The van der Waals surface area contributed by atoms with Crippen LogP contribution in [0.4, 0.5) is 5.69 Å². The molecular weight excluding hydrogens is 380 g/mol. The zero-order chi connectivity index (χ0) is 21.3. The summed E-state index contributed by atoms with van der Waals surface area (Å²) < 4.78 is 6.73. The van der Waals surface area contributed by atoms with Gasteiger partial charge in [0.2, 0.25) is 0 Å². The summed E-state index contributed by atoms with van der Waals surface area (Å²) in [5, 5.41) is 13.9. The maximum Gasteiger partial charge on any atom is 0.272 e. The van der Waals surface area contributed by atoms with Crippen molar-refractivity contribution in [1.82, 2.24) is 4.57 Å². The van der Waals surface area contributed by atoms with E-state index in [1.807, 2.05) is 19.1 Å². The minimum atomic E-state index is -0.711. The van der Waals surface area contributed by atoms with Gasteiger partial charge in [-0.1, -0.05) is 36.4 Å². The van der Waals surface area contributed by atoms with E-state index in [4.69, 9.17) is 4.74 Å². The largest absolute Gasteiger partial charge is 0.506 e. The highest BCUT2D eigenvalue weighted by molar-refractivity contribution is 6.09. The standard InChI is InChI=1S/C24H20N2O4/c1-15-12-13-20(30-2)18(14-15)25-23(28)21-22(27)17-10-6-7-11-19(17)26(24(21)29)16-8-4-3-5-9-16/h3-14,27H,1-2H3,(H,25,28). The van der Waals surface area contributed by atoms with Gasteiger partial charge in [0.05, 0.1) is 18.3 Å². The molecule has 0 spiro atoms. The van der Waals surface area contributed by atoms with Crippen LogP contribution in [-0.2, 0) is 0 Å². The van der Waals surface area contributed by atoms with E-state index in [-0.39, 0.29) is 11.3 Å². The number of amides is 1. The van der Waals surface area contributed by atoms with E-state index in [0.29, 0.717) is 28.0 Å². The number of aromatic hydroxyl groups is 1. The highest BCUT2D eigenvalue weighted by Crippen LogP contribution is 2.30. The molecule has 4 aromatic rings. The van der Waals surface area contributed by atoms with E-state index >= 15 is 0 Å². The third-order valence-corrected chi connectivity index (χ3v) is 4.90. The van der Waals surface area contributed by atoms with E-state index in [1.165, 1.54) is 11.7 Å². The van der Waals surface area contributed by atoms with Crippen molar-refractivity contribution < 1.29 is 14.6 Å². The van der Waals surface area contributed by atoms with Gasteiger partial charge in [-0.15, -0.1) is 0 Å². The Balaban J connectivity index is 1.93. The molecule has 30 heavy (non-hydrogen) atoms. The van der Waals surface area contributed by atoms with Crippen LogP contribution in [0.2, 0.25) is 0 Å². The number of pyridine rings is 1. The molecular formula is C24H20N2O4. The molecule has 1 amide bonds. The number of hydrogen-bond donors (Lipinski definition) is 2. The molecule has 0 saturated carbocycles. The zero-order valence-corrected chi connectivity index (χ0v) is 16.5. The first-order valence-corrected chi connectivity index (χ1v) is 9.39. The van der Waals surface area contributed by atoms with E-state index in [9.17, 15) is 14.7 Å². The van der Waals surface area contributed by atoms with Crippen molar-refractivity contribution in [3.63, 3.8) is 0 Å². The number of fused-ring (bicyclic) bond motifs is 1. The molecule has 0 saturated heterocycles. The summed E-state index contributed by atoms with van der Waals surface area (Å²) in [6.07, 6.45) is 0. The molecule has 0 bridgehead atoms. The smallest absolute Gasteiger partial charge is 0.272 e. The minimum absolute atomic E-state index is 0.332. The number of ether oxygens (including phenoxy) is 1. The molecule has 0 radical (unpaired) electrons. The number of nitrogens with zero attached hydrogens (tertiary/aromatic N) is 1. The molecule has 0 fully saturated rings. The Kier molecular flexibility index (Phi) is 4.98. The molecule has 3 aromatic carbocycles. The number of aryl methyl sites for hydroxylation is 1. The number of carbonyl (C=O) groups is 1. The fourth-order valence-corrected chi connectivity index (χ4v) is 3.47. The van der Waals surface area contributed by atoms with Crippen LogP contribution in [0.1, 0.15) is 15.9 Å². The van der Waals surface area contributed by atoms with Crippen molar-refractivity contribution in [1.29, 1.82) is 0 Å². The molecule has 0 aliphatic carbocycles. The Labute approximate surface area is 173 Å². The van der Waals surface area contributed by atoms with Gasteiger partial charge in [0.15, 0.2) is 0 Å². The Hall–Kier alpha value is -4.06. The fourth-order valence-electron chi connectivity index (χ4n) is 3.47. The number of rotatable bonds is 4. The van der Waals surface area contributed by atoms with Gasteiger partial charge in [0, 0.05) is 11.1 Å². The predicted octanol–water partition coefficient (Wildman–Crippen LogP) is 4.27. The van der Waals surface area contributed by atoms with Crippen molar-refractivity contribution >= 4 is 22.5 Å². The van der Waals surface area contributed by atoms with Crippen LogP contribution in [0.25, 0.3) is 16.6 Å². The maximum atomic E-state index is 13.4. The van der Waals surface area contributed by atoms with Gasteiger partial charge in [-0.05, 0) is 48.9 Å². The predicted molar refractivity (Wildman–Crippen MR) is 117 cm³/mol. The number of methoxy groups -OCH3 is 1. The number of anilines is 1. The van der Waals surface area contributed by atoms with Crippen molar-refractivity contribution in [3.05, 3.63) is 94.3 Å². The molecule has 1 heterocycles. The third-order valence-electron chi connectivity index (χ3n) is 4.90. The van der Waals surface area contributed by atoms with Crippen molar-refractivity contribution in [2.45, 2.75) is 6.92 Å². The van der Waals surface area contributed by atoms with Gasteiger partial charge in [0.25, 0.3) is 11.5 Å². The Morgan fingerprint density at radius 1 is 1.00 bits per heavy atom. The second-order valence-electron chi connectivity index (χ2n) is 6.87. The Morgan fingerprint density at radius 3 is 2.43 bits per heavy atom. The normalized spacial score (nSPS) is 10.7. The van der Waals surface area contributed by atoms with Crippen LogP contribution >= 0.6 is 0 Å². The van der Waals surface area contributed by atoms with E-state index < -0.39 is 11.5 Å². The summed E-state index contributed by atoms with van der Waals surface area (Å²) in [6, 6.07) is 21.2. The van der Waals surface area contributed by atoms with E-state index in [0.717, 1.165) is 5.56 Å². The van der Waals surface area contributed by atoms with Crippen LogP contribution in [0.5, 0.6) is 11.5 Å². The van der Waals surface area contributed by atoms with Gasteiger partial charge < -0.3 is 15.2 Å². The lowest BCUT2D eigenvalue weighted by molar-refractivity contribution is 0.102. The highest BCUT2D eigenvalue weighted by Gasteiger charge is 2.23. The van der Waals surface area contributed by atoms with Gasteiger partial charge >= 0.3 is 0 Å². The van der Waals surface area contributed by atoms with Gasteiger partial charge in [-0.25, -0.2) is 0 Å². The molecule has 0 unspecified atom stereocenters. The average Bonchev–Trinajstić information content (AvgIpc) is 2.75. The number of para-hydroxylation sites is 2. The van der Waals surface area contributed by atoms with Crippen LogP contribution < -0.4 is 15.6 Å². The fraction of sp³-hybridized carbons (Fsp3) is 0.0833. The molecule has 0 aliphatic rings. The first-order chi connectivity index (χ1) is 14.5. The van der Waals surface area contributed by atoms with Crippen LogP contribution in [-0.4, -0.2) is 22.7 Å². The minimum Gasteiger partial charge on any atom is -0.506 e. The van der Waals surface area contributed by atoms with Crippen LogP contribution in [0.3, 0.4) is 0 Å². The van der Waals surface area contributed by atoms with Crippen molar-refractivity contribution in [3.8, 4) is 17.2 Å². The third kappa shape index (κ3) is 3.28. The first-order valence-electron chi connectivity index (χ1n) is 9.39. The number of nitrogens with one attached hydrogen (secondary N) is 1. The summed E-state index contributed by atoms with van der Waals surface area (Å²) >= 11 is 0. The molecule has 2 N–H and O–H groups in total. The Morgan fingerprint density at radius 2 is 1.70 bits per heavy atom. The lowest BCUT2D eigenvalue weighted by atomic mass is 10.1. The van der Waals surface area contributed by atoms with Crippen LogP contribution in [0.15, 0.2) is 77.6 Å². The summed E-state index contributed by atoms with van der Waals surface area (Å²) in [5.74, 6) is -0.610. The topological polar surface area (TPSA) is 80.6 Å². The SMILES string of the molecule is COc1ccc(C)cc1NC(=O)c1c(O)c2ccccc2n(-c2ccccc2)c1=O. The molecule has 0 atom stereocenters. The summed E-state index contributed by atoms with van der Waals surface area (Å²) in [4.78, 5) is 26.5. The van der Waals surface area contributed by atoms with Crippen molar-refractivity contribution in [2.75, 3.05) is 12.4 Å². The lowest BCUT2D eigenvalue weighted by Crippen LogP contribution is -2.29. The lowest BCUT2D eigenvalue weighted by Gasteiger charge is -2.16. The highest BCUT2D eigenvalue weighted by atomic mass is 16.5. The monoisotopic (exact) mass is 400 g/mol. The second-order valence-corrected chi connectivity index (χ2v) is 6.87. The quantitative estimate of drug-likeness (QED) is 0.536. The molecule has 0 aliphatic heterocycles. The van der Waals surface area contributed by atoms with E-state index in [1.54, 1.807) is 60.7 Å². The molecule has 150 valence electrons. The van der Waals surface area contributed by atoms with E-state index in [2.05, 4.69) is 5.32 Å². The number of hydrogen-bond acceptors (Lipinski definition) is 4. The van der Waals surface area contributed by atoms with Crippen molar-refractivity contribution in [2.24, 2.45) is 0 Å². The Bertz CT molecular complexity index is 1310. The molecule has 4 rings (SSSR count). The zero-order valence-electron chi connectivity index (χ0n) is 16.5. The van der Waals surface area contributed by atoms with Crippen LogP contribution in [0, 0.1) is 6.92 Å². The second kappa shape index (κ2) is 7.75. The summed E-state index contributed by atoms with van der Waals surface area (Å²) in [5.41, 5.74) is 1.50. The van der Waals surface area contributed by atoms with Gasteiger partial charge in [-0.2, -0.15) is 0 Å². The number of benzene rings is 3. The first kappa shape index (κ1) is 19.3. The molecule has 1 aromatic heterocycles. The van der Waals surface area contributed by atoms with Gasteiger partial charge in [-0.3, -0.25) is 14.2 Å². The molecule has 6 heteroatoms. The summed E-state index contributed by atoms with van der Waals surface area (Å²) in [6.45, 7) is 1.88. The maximum absolute atomic E-state index is 13.4. The molecule has 6 nitrogen and oxygen atoms in total. The average molecular weight is 400 g/mol. The number of carbonyl (C=O) groups excluding carboxylic acids is 1. The van der Waals surface area contributed by atoms with Gasteiger partial charge in [0.1, 0.15) is 17.1 Å². The summed E-state index contributed by atoms with van der Waals surface area (Å²) in [7, 11) is 1.50.